The quantitative estimate of drug-likeness (QED) is 0.828. The highest BCUT2D eigenvalue weighted by molar-refractivity contribution is 7.89. The van der Waals surface area contributed by atoms with Crippen molar-refractivity contribution in [3.05, 3.63) is 29.6 Å². The van der Waals surface area contributed by atoms with Crippen molar-refractivity contribution < 1.29 is 17.9 Å². The summed E-state index contributed by atoms with van der Waals surface area (Å²) in [5, 5.41) is 8.58. The molecule has 0 heterocycles. The van der Waals surface area contributed by atoms with Gasteiger partial charge in [-0.3, -0.25) is 0 Å². The van der Waals surface area contributed by atoms with Crippen molar-refractivity contribution in [1.82, 2.24) is 4.72 Å². The number of hydrogen-bond acceptors (Lipinski definition) is 3. The monoisotopic (exact) mass is 311 g/mol. The van der Waals surface area contributed by atoms with Gasteiger partial charge in [-0.05, 0) is 36.0 Å². The van der Waals surface area contributed by atoms with Gasteiger partial charge >= 0.3 is 0 Å². The first-order valence-corrected chi connectivity index (χ1v) is 8.13. The summed E-state index contributed by atoms with van der Waals surface area (Å²) in [6.45, 7) is 4.13. The van der Waals surface area contributed by atoms with Crippen LogP contribution in [0.3, 0.4) is 0 Å². The third kappa shape index (κ3) is 3.82. The van der Waals surface area contributed by atoms with Gasteiger partial charge in [-0.1, -0.05) is 25.7 Å². The summed E-state index contributed by atoms with van der Waals surface area (Å²) < 4.78 is 40.6. The van der Waals surface area contributed by atoms with Crippen molar-refractivity contribution in [2.24, 2.45) is 11.3 Å². The predicted molar refractivity (Wildman–Crippen MR) is 77.4 cm³/mol. The van der Waals surface area contributed by atoms with E-state index >= 15 is 0 Å². The zero-order valence-electron chi connectivity index (χ0n) is 12.0. The second kappa shape index (κ2) is 5.76. The Morgan fingerprint density at radius 3 is 2.67 bits per heavy atom. The summed E-state index contributed by atoms with van der Waals surface area (Å²) in [5.74, 6) is 4.36. The van der Waals surface area contributed by atoms with E-state index in [0.717, 1.165) is 12.5 Å². The van der Waals surface area contributed by atoms with E-state index in [1.165, 1.54) is 12.1 Å². The zero-order valence-corrected chi connectivity index (χ0v) is 12.8. The third-order valence-electron chi connectivity index (χ3n) is 3.77. The minimum Gasteiger partial charge on any atom is -0.384 e. The molecule has 0 bridgehead atoms. The molecule has 0 aromatic heterocycles. The lowest BCUT2D eigenvalue weighted by Crippen LogP contribution is -2.27. The van der Waals surface area contributed by atoms with Crippen molar-refractivity contribution in [1.29, 1.82) is 0 Å². The lowest BCUT2D eigenvalue weighted by Gasteiger charge is -2.09. The lowest BCUT2D eigenvalue weighted by atomic mass is 10.1. The Morgan fingerprint density at radius 2 is 2.14 bits per heavy atom. The molecular weight excluding hydrogens is 293 g/mol. The van der Waals surface area contributed by atoms with Crippen LogP contribution >= 0.6 is 0 Å². The molecule has 0 spiro atoms. The third-order valence-corrected chi connectivity index (χ3v) is 5.23. The zero-order chi connectivity index (χ0) is 15.7. The van der Waals surface area contributed by atoms with Gasteiger partial charge in [0.25, 0.3) is 0 Å². The molecule has 0 radical (unpaired) electrons. The Labute approximate surface area is 124 Å². The molecule has 114 valence electrons. The van der Waals surface area contributed by atoms with Crippen LogP contribution in [0.2, 0.25) is 0 Å². The Kier molecular flexibility index (Phi) is 4.38. The summed E-state index contributed by atoms with van der Waals surface area (Å²) in [7, 11) is -3.86. The molecule has 0 aliphatic heterocycles. The summed E-state index contributed by atoms with van der Waals surface area (Å²) >= 11 is 0. The van der Waals surface area contributed by atoms with Crippen LogP contribution in [-0.4, -0.2) is 26.7 Å². The molecule has 1 aliphatic carbocycles. The first-order valence-electron chi connectivity index (χ1n) is 6.65. The van der Waals surface area contributed by atoms with Gasteiger partial charge in [-0.25, -0.2) is 17.5 Å². The highest BCUT2D eigenvalue weighted by atomic mass is 32.2. The van der Waals surface area contributed by atoms with E-state index in [1.54, 1.807) is 0 Å². The van der Waals surface area contributed by atoms with Crippen LogP contribution in [0.1, 0.15) is 25.8 Å². The Hall–Kier alpha value is -1.42. The Bertz CT molecular complexity index is 701. The average molecular weight is 311 g/mol. The summed E-state index contributed by atoms with van der Waals surface area (Å²) in [5.41, 5.74) is 0.481. The fraction of sp³-hybridized carbons (Fsp3) is 0.467. The molecule has 0 saturated heterocycles. The second-order valence-corrected chi connectivity index (χ2v) is 7.58. The van der Waals surface area contributed by atoms with Crippen molar-refractivity contribution in [3.8, 4) is 11.8 Å². The molecule has 21 heavy (non-hydrogen) atoms. The SMILES string of the molecule is CC1(C)CC1CNS(=O)(=O)c1ccc(C#CCO)cc1F. The Balaban J connectivity index is 2.12. The topological polar surface area (TPSA) is 66.4 Å². The minimum atomic E-state index is -3.86. The van der Waals surface area contributed by atoms with Crippen molar-refractivity contribution in [2.75, 3.05) is 13.2 Å². The smallest absolute Gasteiger partial charge is 0.243 e. The molecule has 1 unspecified atom stereocenters. The second-order valence-electron chi connectivity index (χ2n) is 5.85. The maximum Gasteiger partial charge on any atom is 0.243 e. The van der Waals surface area contributed by atoms with E-state index in [2.05, 4.69) is 30.4 Å². The van der Waals surface area contributed by atoms with Crippen LogP contribution in [0.25, 0.3) is 0 Å². The van der Waals surface area contributed by atoms with Gasteiger partial charge in [0.15, 0.2) is 0 Å². The van der Waals surface area contributed by atoms with E-state index in [9.17, 15) is 12.8 Å². The van der Waals surface area contributed by atoms with Gasteiger partial charge in [0.1, 0.15) is 17.3 Å². The molecule has 1 aliphatic rings. The van der Waals surface area contributed by atoms with Crippen LogP contribution in [0.5, 0.6) is 0 Å². The number of aliphatic hydroxyl groups excluding tert-OH is 1. The van der Waals surface area contributed by atoms with E-state index in [1.807, 2.05) is 0 Å². The van der Waals surface area contributed by atoms with Gasteiger partial charge < -0.3 is 5.11 Å². The first kappa shape index (κ1) is 16.0. The number of hydrogen-bond donors (Lipinski definition) is 2. The fourth-order valence-corrected chi connectivity index (χ4v) is 3.29. The summed E-state index contributed by atoms with van der Waals surface area (Å²) in [4.78, 5) is -0.379. The van der Waals surface area contributed by atoms with Gasteiger partial charge in [-0.15, -0.1) is 0 Å². The van der Waals surface area contributed by atoms with Crippen LogP contribution in [0.15, 0.2) is 23.1 Å². The number of aliphatic hydroxyl groups is 1. The molecule has 1 fully saturated rings. The molecular formula is C15H18FNO3S. The molecule has 0 amide bonds. The predicted octanol–water partition coefficient (Wildman–Crippen LogP) is 1.49. The van der Waals surface area contributed by atoms with Crippen LogP contribution < -0.4 is 4.72 Å². The molecule has 1 saturated carbocycles. The molecule has 6 heteroatoms. The van der Waals surface area contributed by atoms with Crippen molar-refractivity contribution >= 4 is 10.0 Å². The number of rotatable bonds is 4. The molecule has 1 aromatic rings. The largest absolute Gasteiger partial charge is 0.384 e. The lowest BCUT2D eigenvalue weighted by molar-refractivity contribution is 0.350. The van der Waals surface area contributed by atoms with Crippen LogP contribution in [-0.2, 0) is 10.0 Å². The summed E-state index contributed by atoms with van der Waals surface area (Å²) in [6.07, 6.45) is 0.966. The van der Waals surface area contributed by atoms with Gasteiger partial charge in [0.05, 0.1) is 0 Å². The number of sulfonamides is 1. The molecule has 1 atom stereocenters. The molecule has 2 N–H and O–H groups in total. The van der Waals surface area contributed by atoms with Crippen LogP contribution in [0.4, 0.5) is 4.39 Å². The van der Waals surface area contributed by atoms with E-state index in [0.29, 0.717) is 18.0 Å². The summed E-state index contributed by atoms with van der Waals surface area (Å²) in [6, 6.07) is 3.66. The maximum absolute atomic E-state index is 13.9. The maximum atomic E-state index is 13.9. The molecule has 4 nitrogen and oxygen atoms in total. The molecule has 1 aromatic carbocycles. The van der Waals surface area contributed by atoms with E-state index in [-0.39, 0.29) is 16.9 Å². The normalized spacial score (nSPS) is 19.7. The Morgan fingerprint density at radius 1 is 1.48 bits per heavy atom. The average Bonchev–Trinajstić information content (AvgIpc) is 3.01. The first-order chi connectivity index (χ1) is 9.76. The fourth-order valence-electron chi connectivity index (χ4n) is 2.15. The van der Waals surface area contributed by atoms with Gasteiger partial charge in [0, 0.05) is 12.1 Å². The van der Waals surface area contributed by atoms with Crippen molar-refractivity contribution in [3.63, 3.8) is 0 Å². The van der Waals surface area contributed by atoms with Gasteiger partial charge in [0.2, 0.25) is 10.0 Å². The highest BCUT2D eigenvalue weighted by Crippen LogP contribution is 2.51. The van der Waals surface area contributed by atoms with Gasteiger partial charge in [-0.2, -0.15) is 0 Å². The standard InChI is InChI=1S/C15H18FNO3S/c1-15(2)9-12(15)10-17-21(19,20)14-6-5-11(4-3-7-18)8-13(14)16/h5-6,8,12,17-18H,7,9-10H2,1-2H3. The van der Waals surface area contributed by atoms with Crippen LogP contribution in [0, 0.1) is 29.0 Å². The van der Waals surface area contributed by atoms with Crippen molar-refractivity contribution in [2.45, 2.75) is 25.2 Å². The number of nitrogens with one attached hydrogen (secondary N) is 1. The highest BCUT2D eigenvalue weighted by Gasteiger charge is 2.45. The number of benzene rings is 1. The van der Waals surface area contributed by atoms with E-state index in [4.69, 9.17) is 5.11 Å². The minimum absolute atomic E-state index is 0.158. The molecule has 2 rings (SSSR count). The number of halogens is 1. The van der Waals surface area contributed by atoms with E-state index < -0.39 is 15.8 Å².